The number of esters is 1. The Balaban J connectivity index is 1.26. The third kappa shape index (κ3) is 6.46. The lowest BCUT2D eigenvalue weighted by Crippen LogP contribution is -2.15. The summed E-state index contributed by atoms with van der Waals surface area (Å²) in [5.41, 5.74) is 2.43. The third-order valence-corrected chi connectivity index (χ3v) is 8.66. The number of hydrogen-bond donors (Lipinski definition) is 1. The molecule has 0 unspecified atom stereocenters. The van der Waals surface area contributed by atoms with E-state index in [0.717, 1.165) is 41.8 Å². The molecule has 202 valence electrons. The Kier molecular flexibility index (Phi) is 8.85. The van der Waals surface area contributed by atoms with Crippen LogP contribution in [0.25, 0.3) is 5.69 Å². The van der Waals surface area contributed by atoms with Crippen LogP contribution in [0.4, 0.5) is 5.00 Å². The topological polar surface area (TPSA) is 95.3 Å². The Morgan fingerprint density at radius 3 is 2.62 bits per heavy atom. The van der Waals surface area contributed by atoms with Crippen LogP contribution in [0.1, 0.15) is 45.9 Å². The predicted octanol–water partition coefficient (Wildman–Crippen LogP) is 6.35. The van der Waals surface area contributed by atoms with Gasteiger partial charge in [-0.25, -0.2) is 4.79 Å². The minimum absolute atomic E-state index is 0.164. The van der Waals surface area contributed by atoms with Crippen LogP contribution in [-0.2, 0) is 29.0 Å². The first kappa shape index (κ1) is 27.2. The van der Waals surface area contributed by atoms with Gasteiger partial charge >= 0.3 is 5.97 Å². The number of anilines is 1. The molecule has 8 nitrogen and oxygen atoms in total. The quantitative estimate of drug-likeness (QED) is 0.172. The summed E-state index contributed by atoms with van der Waals surface area (Å²) in [5.74, 6) is 1.23. The minimum atomic E-state index is -0.400. The number of carbonyl (C=O) groups is 2. The monoisotopic (exact) mass is 582 g/mol. The fourth-order valence-corrected chi connectivity index (χ4v) is 6.73. The van der Waals surface area contributed by atoms with Crippen molar-refractivity contribution in [3.63, 3.8) is 0 Å². The van der Waals surface area contributed by atoms with E-state index in [2.05, 4.69) is 15.5 Å². The second-order valence-corrected chi connectivity index (χ2v) is 11.5. The first-order valence-corrected chi connectivity index (χ1v) is 14.7. The van der Waals surface area contributed by atoms with E-state index < -0.39 is 5.97 Å². The zero-order valence-corrected chi connectivity index (χ0v) is 23.7. The number of ether oxygens (including phenoxy) is 2. The average molecular weight is 583 g/mol. The van der Waals surface area contributed by atoms with E-state index in [0.29, 0.717) is 38.1 Å². The molecule has 11 heteroatoms. The van der Waals surface area contributed by atoms with Crippen molar-refractivity contribution in [1.82, 2.24) is 14.8 Å². The Morgan fingerprint density at radius 1 is 1.08 bits per heavy atom. The van der Waals surface area contributed by atoms with Gasteiger partial charge in [0.15, 0.2) is 11.0 Å². The fourth-order valence-electron chi connectivity index (χ4n) is 4.40. The Hall–Kier alpha value is -3.34. The van der Waals surface area contributed by atoms with Crippen molar-refractivity contribution >= 4 is 51.6 Å². The molecule has 4 aromatic rings. The van der Waals surface area contributed by atoms with E-state index in [-0.39, 0.29) is 18.9 Å². The summed E-state index contributed by atoms with van der Waals surface area (Å²) in [5, 5.41) is 13.6. The van der Waals surface area contributed by atoms with Crippen molar-refractivity contribution in [2.45, 2.75) is 43.9 Å². The van der Waals surface area contributed by atoms with E-state index in [1.807, 2.05) is 34.9 Å². The zero-order valence-electron chi connectivity index (χ0n) is 21.3. The number of nitrogens with zero attached hydrogens (tertiary/aromatic N) is 3. The normalized spacial score (nSPS) is 12.6. The van der Waals surface area contributed by atoms with Gasteiger partial charge in [0.05, 0.1) is 12.7 Å². The second kappa shape index (κ2) is 12.7. The number of nitrogens with one attached hydrogen (secondary N) is 1. The molecule has 5 rings (SSSR count). The molecular formula is C28H27ClN4O4S2. The highest BCUT2D eigenvalue weighted by Crippen LogP contribution is 2.38. The molecule has 0 saturated carbocycles. The van der Waals surface area contributed by atoms with Gasteiger partial charge < -0.3 is 14.8 Å². The lowest BCUT2D eigenvalue weighted by molar-refractivity contribution is -0.115. The molecule has 0 spiro atoms. The molecule has 0 bridgehead atoms. The van der Waals surface area contributed by atoms with Gasteiger partial charge in [-0.3, -0.25) is 9.36 Å². The highest BCUT2D eigenvalue weighted by Gasteiger charge is 2.27. The van der Waals surface area contributed by atoms with E-state index >= 15 is 0 Å². The van der Waals surface area contributed by atoms with Crippen LogP contribution in [0, 0.1) is 0 Å². The number of amides is 1. The van der Waals surface area contributed by atoms with Crippen LogP contribution in [0.3, 0.4) is 0 Å². The number of thioether (sulfide) groups is 1. The average Bonchev–Trinajstić information content (AvgIpc) is 3.53. The van der Waals surface area contributed by atoms with Crippen LogP contribution >= 0.6 is 34.7 Å². The van der Waals surface area contributed by atoms with E-state index in [9.17, 15) is 9.59 Å². The highest BCUT2D eigenvalue weighted by atomic mass is 35.5. The first-order valence-electron chi connectivity index (χ1n) is 12.6. The molecule has 2 heterocycles. The number of halogens is 1. The number of para-hydroxylation sites is 1. The van der Waals surface area contributed by atoms with Crippen LogP contribution in [0.15, 0.2) is 59.8 Å². The summed E-state index contributed by atoms with van der Waals surface area (Å²) in [6.45, 7) is 0.212. The smallest absolute Gasteiger partial charge is 0.341 e. The zero-order chi connectivity index (χ0) is 27.2. The number of rotatable bonds is 10. The van der Waals surface area contributed by atoms with Gasteiger partial charge in [-0.05, 0) is 67.6 Å². The van der Waals surface area contributed by atoms with Gasteiger partial charge in [0.25, 0.3) is 0 Å². The molecule has 0 radical (unpaired) electrons. The Labute approximate surface area is 239 Å². The fraction of sp³-hybridized carbons (Fsp3) is 0.286. The van der Waals surface area contributed by atoms with Crippen molar-refractivity contribution < 1.29 is 19.1 Å². The summed E-state index contributed by atoms with van der Waals surface area (Å²) in [6.07, 6.45) is 4.13. The molecule has 0 aliphatic heterocycles. The predicted molar refractivity (Wildman–Crippen MR) is 153 cm³/mol. The molecule has 1 aliphatic rings. The molecule has 1 N–H and O–H groups in total. The lowest BCUT2D eigenvalue weighted by Gasteiger charge is -2.12. The molecule has 0 fully saturated rings. The van der Waals surface area contributed by atoms with Crippen molar-refractivity contribution in [3.05, 3.63) is 81.4 Å². The first-order chi connectivity index (χ1) is 19.0. The van der Waals surface area contributed by atoms with Gasteiger partial charge in [0.1, 0.15) is 17.4 Å². The van der Waals surface area contributed by atoms with Gasteiger partial charge in [-0.1, -0.05) is 41.6 Å². The summed E-state index contributed by atoms with van der Waals surface area (Å²) in [6, 6.07) is 16.9. The number of carbonyl (C=O) groups excluding carboxylic acids is 2. The molecule has 2 aromatic carbocycles. The van der Waals surface area contributed by atoms with Gasteiger partial charge in [0.2, 0.25) is 5.91 Å². The molecule has 2 aromatic heterocycles. The summed E-state index contributed by atoms with van der Waals surface area (Å²) in [7, 11) is 1.37. The van der Waals surface area contributed by atoms with E-state index in [1.54, 1.807) is 24.3 Å². The molecule has 1 amide bonds. The Morgan fingerprint density at radius 2 is 1.85 bits per heavy atom. The van der Waals surface area contributed by atoms with Crippen LogP contribution in [0.2, 0.25) is 5.02 Å². The van der Waals surface area contributed by atoms with Gasteiger partial charge in [0, 0.05) is 27.8 Å². The molecule has 0 atom stereocenters. The maximum atomic E-state index is 12.9. The summed E-state index contributed by atoms with van der Waals surface area (Å²) < 4.78 is 12.9. The largest absolute Gasteiger partial charge is 0.486 e. The number of benzene rings is 2. The maximum absolute atomic E-state index is 12.9. The minimum Gasteiger partial charge on any atom is -0.486 e. The molecular weight excluding hydrogens is 556 g/mol. The lowest BCUT2D eigenvalue weighted by atomic mass is 9.95. The van der Waals surface area contributed by atoms with Crippen LogP contribution in [-0.4, -0.2) is 39.5 Å². The van der Waals surface area contributed by atoms with Crippen molar-refractivity contribution in [1.29, 1.82) is 0 Å². The summed E-state index contributed by atoms with van der Waals surface area (Å²) in [4.78, 5) is 26.5. The number of aromatic nitrogens is 3. The third-order valence-electron chi connectivity index (χ3n) is 6.27. The number of methoxy groups -OCH3 is 1. The van der Waals surface area contributed by atoms with Gasteiger partial charge in [-0.2, -0.15) is 0 Å². The van der Waals surface area contributed by atoms with E-state index in [1.165, 1.54) is 30.2 Å². The number of thiophene rings is 1. The summed E-state index contributed by atoms with van der Waals surface area (Å²) >= 11 is 8.89. The number of hydrogen-bond acceptors (Lipinski definition) is 8. The molecule has 0 saturated heterocycles. The SMILES string of the molecule is COC(=O)c1c(NC(=O)CCSc2nnc(COc3ccc(Cl)cc3)n2-c2ccccc2)sc2c1CCCC2. The molecule has 39 heavy (non-hydrogen) atoms. The van der Waals surface area contributed by atoms with E-state index in [4.69, 9.17) is 21.1 Å². The standard InChI is InChI=1S/C28H27ClN4O4S2/c1-36-27(35)25-21-9-5-6-10-22(21)39-26(25)30-24(34)15-16-38-28-32-31-23(33(28)19-7-3-2-4-8-19)17-37-20-13-11-18(29)12-14-20/h2-4,7-8,11-14H,5-6,9-10,15-17H2,1H3,(H,30,34). The van der Waals surface area contributed by atoms with Crippen LogP contribution < -0.4 is 10.1 Å². The number of fused-ring (bicyclic) bond motifs is 1. The number of aryl methyl sites for hydroxylation is 1. The van der Waals surface area contributed by atoms with Crippen molar-refractivity contribution in [2.75, 3.05) is 18.2 Å². The second-order valence-electron chi connectivity index (χ2n) is 8.87. The highest BCUT2D eigenvalue weighted by molar-refractivity contribution is 7.99. The molecule has 1 aliphatic carbocycles. The maximum Gasteiger partial charge on any atom is 0.341 e. The van der Waals surface area contributed by atoms with Crippen molar-refractivity contribution in [3.8, 4) is 11.4 Å². The van der Waals surface area contributed by atoms with Crippen molar-refractivity contribution in [2.24, 2.45) is 0 Å². The Bertz CT molecular complexity index is 1450. The van der Waals surface area contributed by atoms with Gasteiger partial charge in [-0.15, -0.1) is 21.5 Å². The van der Waals surface area contributed by atoms with Crippen LogP contribution in [0.5, 0.6) is 5.75 Å².